The van der Waals surface area contributed by atoms with Crippen molar-refractivity contribution in [2.24, 2.45) is 0 Å². The van der Waals surface area contributed by atoms with Gasteiger partial charge in [0, 0.05) is 38.0 Å². The zero-order chi connectivity index (χ0) is 28.0. The fourth-order valence-corrected chi connectivity index (χ4v) is 5.15. The van der Waals surface area contributed by atoms with E-state index in [0.717, 1.165) is 63.1 Å². The molecule has 0 unspecified atom stereocenters. The van der Waals surface area contributed by atoms with Crippen molar-refractivity contribution in [2.45, 2.75) is 39.0 Å². The second-order valence-corrected chi connectivity index (χ2v) is 16.6. The Morgan fingerprint density at radius 1 is 0.875 bits per heavy atom. The Balaban J connectivity index is 1.43. The summed E-state index contributed by atoms with van der Waals surface area (Å²) in [5, 5.41) is 9.19. The van der Waals surface area contributed by atoms with Gasteiger partial charge in [-0.25, -0.2) is 4.68 Å². The van der Waals surface area contributed by atoms with Crippen LogP contribution in [0.1, 0.15) is 5.56 Å². The van der Waals surface area contributed by atoms with Crippen LogP contribution >= 0.6 is 0 Å². The zero-order valence-electron chi connectivity index (χ0n) is 23.6. The van der Waals surface area contributed by atoms with E-state index in [1.807, 2.05) is 53.3 Å². The minimum absolute atomic E-state index is 0.441. The van der Waals surface area contributed by atoms with E-state index in [-0.39, 0.29) is 0 Å². The highest BCUT2D eigenvalue weighted by Crippen LogP contribution is 2.34. The second-order valence-electron chi connectivity index (χ2n) is 11.0. The van der Waals surface area contributed by atoms with Crippen molar-refractivity contribution in [3.05, 3.63) is 97.0 Å². The van der Waals surface area contributed by atoms with E-state index < -0.39 is 8.07 Å². The third-order valence-corrected chi connectivity index (χ3v) is 8.33. The van der Waals surface area contributed by atoms with Crippen LogP contribution < -0.4 is 14.8 Å². The molecule has 0 saturated heterocycles. The smallest absolute Gasteiger partial charge is 0.139 e. The Morgan fingerprint density at radius 2 is 1.73 bits per heavy atom. The van der Waals surface area contributed by atoms with Crippen LogP contribution in [0.5, 0.6) is 11.5 Å². The highest BCUT2D eigenvalue weighted by Gasteiger charge is 2.14. The van der Waals surface area contributed by atoms with E-state index >= 15 is 0 Å². The number of nitrogens with zero attached hydrogens (tertiary/aromatic N) is 3. The molecule has 2 aromatic heterocycles. The first-order valence-electron chi connectivity index (χ1n) is 13.5. The number of ether oxygens (including phenoxy) is 3. The van der Waals surface area contributed by atoms with Crippen LogP contribution in [0.15, 0.2) is 91.4 Å². The first-order valence-corrected chi connectivity index (χ1v) is 17.2. The summed E-state index contributed by atoms with van der Waals surface area (Å²) in [7, 11) is 0.526. The molecule has 40 heavy (non-hydrogen) atoms. The Kier molecular flexibility index (Phi) is 8.47. The van der Waals surface area contributed by atoms with Gasteiger partial charge >= 0.3 is 0 Å². The van der Waals surface area contributed by atoms with Crippen LogP contribution in [-0.2, 0) is 18.1 Å². The summed E-state index contributed by atoms with van der Waals surface area (Å²) in [6.45, 7) is 8.72. The van der Waals surface area contributed by atoms with Crippen molar-refractivity contribution in [1.29, 1.82) is 0 Å². The molecule has 0 bridgehead atoms. The lowest BCUT2D eigenvalue weighted by atomic mass is 10.0. The van der Waals surface area contributed by atoms with Crippen LogP contribution in [0.25, 0.3) is 22.0 Å². The molecule has 0 radical (unpaired) electrons. The van der Waals surface area contributed by atoms with E-state index in [9.17, 15) is 0 Å². The Bertz CT molecular complexity index is 1550. The largest absolute Gasteiger partial charge is 0.497 e. The number of rotatable bonds is 12. The minimum atomic E-state index is -1.14. The molecule has 0 atom stereocenters. The molecule has 2 heterocycles. The van der Waals surface area contributed by atoms with Crippen LogP contribution in [-0.4, -0.2) is 36.6 Å². The molecule has 0 aliphatic carbocycles. The molecule has 0 spiro atoms. The summed E-state index contributed by atoms with van der Waals surface area (Å²) < 4.78 is 19.5. The van der Waals surface area contributed by atoms with Crippen molar-refractivity contribution >= 4 is 30.4 Å². The number of anilines is 2. The highest BCUT2D eigenvalue weighted by molar-refractivity contribution is 6.76. The van der Waals surface area contributed by atoms with Gasteiger partial charge in [-0.3, -0.25) is 4.98 Å². The predicted molar refractivity (Wildman–Crippen MR) is 164 cm³/mol. The standard InChI is InChI=1S/C32H36N4O3Si/c1-37-28-12-10-24(11-13-28)22-39-29-18-25(17-27(19-29)35-26-7-6-14-33-20-26)30-8-5-9-32-31(30)21-34-36(32)23-38-15-16-40(2,3)4/h5-14,17-21,35H,15-16,22-23H2,1-4H3. The molecular formula is C32H36N4O3Si. The molecule has 0 aliphatic heterocycles. The van der Waals surface area contributed by atoms with Gasteiger partial charge in [-0.15, -0.1) is 0 Å². The maximum atomic E-state index is 6.28. The van der Waals surface area contributed by atoms with Gasteiger partial charge in [0.2, 0.25) is 0 Å². The normalized spacial score (nSPS) is 11.5. The van der Waals surface area contributed by atoms with E-state index in [1.54, 1.807) is 19.5 Å². The number of hydrogen-bond acceptors (Lipinski definition) is 6. The van der Waals surface area contributed by atoms with Crippen molar-refractivity contribution in [1.82, 2.24) is 14.8 Å². The third kappa shape index (κ3) is 7.08. The van der Waals surface area contributed by atoms with Gasteiger partial charge in [-0.1, -0.05) is 43.9 Å². The minimum Gasteiger partial charge on any atom is -0.497 e. The van der Waals surface area contributed by atoms with E-state index in [4.69, 9.17) is 14.2 Å². The second kappa shape index (κ2) is 12.4. The molecule has 0 saturated carbocycles. The summed E-state index contributed by atoms with van der Waals surface area (Å²) in [5.74, 6) is 1.59. The van der Waals surface area contributed by atoms with Gasteiger partial charge in [0.05, 0.1) is 30.7 Å². The van der Waals surface area contributed by atoms with Crippen molar-refractivity contribution < 1.29 is 14.2 Å². The highest BCUT2D eigenvalue weighted by atomic mass is 28.3. The van der Waals surface area contributed by atoms with E-state index in [1.165, 1.54) is 0 Å². The van der Waals surface area contributed by atoms with Gasteiger partial charge in [0.25, 0.3) is 0 Å². The first kappa shape index (κ1) is 27.4. The molecular weight excluding hydrogens is 516 g/mol. The molecule has 0 fully saturated rings. The molecule has 3 aromatic carbocycles. The van der Waals surface area contributed by atoms with E-state index in [0.29, 0.717) is 13.3 Å². The van der Waals surface area contributed by atoms with Crippen molar-refractivity contribution in [2.75, 3.05) is 19.0 Å². The fourth-order valence-electron chi connectivity index (χ4n) is 4.39. The number of aromatic nitrogens is 3. The fraction of sp³-hybridized carbons (Fsp3) is 0.250. The Morgan fingerprint density at radius 3 is 2.48 bits per heavy atom. The first-order chi connectivity index (χ1) is 19.4. The van der Waals surface area contributed by atoms with Gasteiger partial charge < -0.3 is 19.5 Å². The average molecular weight is 553 g/mol. The molecule has 1 N–H and O–H groups in total. The Hall–Kier alpha value is -4.14. The molecule has 5 rings (SSSR count). The molecule has 0 amide bonds. The van der Waals surface area contributed by atoms with Gasteiger partial charge in [-0.05, 0) is 65.2 Å². The summed E-state index contributed by atoms with van der Waals surface area (Å²) in [4.78, 5) is 4.24. The number of nitrogens with one attached hydrogen (secondary N) is 1. The Labute approximate surface area is 236 Å². The summed E-state index contributed by atoms with van der Waals surface area (Å²) in [6, 6.07) is 25.4. The quantitative estimate of drug-likeness (QED) is 0.126. The molecule has 206 valence electrons. The van der Waals surface area contributed by atoms with Gasteiger partial charge in [0.1, 0.15) is 24.8 Å². The molecule has 8 heteroatoms. The lowest BCUT2D eigenvalue weighted by Crippen LogP contribution is -2.22. The zero-order valence-corrected chi connectivity index (χ0v) is 24.6. The third-order valence-electron chi connectivity index (χ3n) is 6.63. The van der Waals surface area contributed by atoms with Gasteiger partial charge in [-0.2, -0.15) is 5.10 Å². The lowest BCUT2D eigenvalue weighted by Gasteiger charge is -2.15. The van der Waals surface area contributed by atoms with Crippen molar-refractivity contribution in [3.63, 3.8) is 0 Å². The maximum absolute atomic E-state index is 6.28. The summed E-state index contributed by atoms with van der Waals surface area (Å²) in [5.41, 5.74) is 6.03. The molecule has 7 nitrogen and oxygen atoms in total. The van der Waals surface area contributed by atoms with Crippen molar-refractivity contribution in [3.8, 4) is 22.6 Å². The molecule has 0 aliphatic rings. The van der Waals surface area contributed by atoms with Gasteiger partial charge in [0.15, 0.2) is 0 Å². The van der Waals surface area contributed by atoms with Crippen LogP contribution in [0, 0.1) is 0 Å². The number of benzene rings is 3. The SMILES string of the molecule is COc1ccc(COc2cc(Nc3cccnc3)cc(-c3cccc4c3cnn4COCC[Si](C)(C)C)c2)cc1. The molecule has 5 aromatic rings. The lowest BCUT2D eigenvalue weighted by molar-refractivity contribution is 0.0817. The number of methoxy groups -OCH3 is 1. The van der Waals surface area contributed by atoms with Crippen LogP contribution in [0.4, 0.5) is 11.4 Å². The van der Waals surface area contributed by atoms with Crippen LogP contribution in [0.3, 0.4) is 0 Å². The van der Waals surface area contributed by atoms with Crippen LogP contribution in [0.2, 0.25) is 25.7 Å². The topological polar surface area (TPSA) is 70.4 Å². The number of fused-ring (bicyclic) bond motifs is 1. The number of hydrogen-bond donors (Lipinski definition) is 1. The average Bonchev–Trinajstić information content (AvgIpc) is 3.37. The maximum Gasteiger partial charge on any atom is 0.139 e. The summed E-state index contributed by atoms with van der Waals surface area (Å²) in [6.07, 6.45) is 5.49. The number of pyridine rings is 1. The predicted octanol–water partition coefficient (Wildman–Crippen LogP) is 7.74. The monoisotopic (exact) mass is 552 g/mol. The van der Waals surface area contributed by atoms with E-state index in [2.05, 4.69) is 65.4 Å². The summed E-state index contributed by atoms with van der Waals surface area (Å²) >= 11 is 0.